The van der Waals surface area contributed by atoms with Gasteiger partial charge in [-0.05, 0) is 57.8 Å². The van der Waals surface area contributed by atoms with Gasteiger partial charge in [-0.1, -0.05) is 30.3 Å². The van der Waals surface area contributed by atoms with E-state index in [0.717, 1.165) is 37.5 Å². The Balaban J connectivity index is 0.00000182. The fourth-order valence-electron chi connectivity index (χ4n) is 4.04. The molecule has 0 saturated carbocycles. The molecule has 1 aromatic carbocycles. The van der Waals surface area contributed by atoms with Crippen LogP contribution in [-0.2, 0) is 11.2 Å². The Kier molecular flexibility index (Phi) is 10.6. The SMILES string of the molecule is CN1CCC(N2CCC(NC(=O)C(N)Cc3ccccc3)CC2)CC1.Cl.Cl. The lowest BCUT2D eigenvalue weighted by Crippen LogP contribution is -2.53. The predicted octanol–water partition coefficient (Wildman–Crippen LogP) is 2.07. The van der Waals surface area contributed by atoms with Crippen molar-refractivity contribution < 1.29 is 4.79 Å². The number of amides is 1. The lowest BCUT2D eigenvalue weighted by atomic mass is 9.97. The van der Waals surface area contributed by atoms with E-state index in [1.807, 2.05) is 30.3 Å². The summed E-state index contributed by atoms with van der Waals surface area (Å²) in [6.45, 7) is 4.59. The number of carbonyl (C=O) groups excluding carboxylic acids is 1. The summed E-state index contributed by atoms with van der Waals surface area (Å²) in [7, 11) is 2.21. The van der Waals surface area contributed by atoms with Gasteiger partial charge >= 0.3 is 0 Å². The highest BCUT2D eigenvalue weighted by molar-refractivity contribution is 5.85. The molecule has 2 aliphatic rings. The number of benzene rings is 1. The van der Waals surface area contributed by atoms with Crippen molar-refractivity contribution in [3.63, 3.8) is 0 Å². The van der Waals surface area contributed by atoms with Gasteiger partial charge in [-0.2, -0.15) is 0 Å². The summed E-state index contributed by atoms with van der Waals surface area (Å²) in [5.74, 6) is -0.0124. The van der Waals surface area contributed by atoms with Crippen LogP contribution in [0.25, 0.3) is 0 Å². The van der Waals surface area contributed by atoms with Crippen molar-refractivity contribution in [1.82, 2.24) is 15.1 Å². The topological polar surface area (TPSA) is 61.6 Å². The molecular formula is C20H34Cl2N4O. The van der Waals surface area contributed by atoms with Gasteiger partial charge in [0.15, 0.2) is 0 Å². The number of nitrogens with one attached hydrogen (secondary N) is 1. The molecule has 0 aromatic heterocycles. The van der Waals surface area contributed by atoms with E-state index in [1.165, 1.54) is 25.9 Å². The molecular weight excluding hydrogens is 383 g/mol. The summed E-state index contributed by atoms with van der Waals surface area (Å²) in [5, 5.41) is 3.17. The highest BCUT2D eigenvalue weighted by Crippen LogP contribution is 2.20. The molecule has 1 unspecified atom stereocenters. The molecule has 2 fully saturated rings. The quantitative estimate of drug-likeness (QED) is 0.770. The number of piperidine rings is 2. The monoisotopic (exact) mass is 416 g/mol. The summed E-state index contributed by atoms with van der Waals surface area (Å²) in [4.78, 5) is 17.4. The number of halogens is 2. The van der Waals surface area contributed by atoms with Gasteiger partial charge in [0.2, 0.25) is 5.91 Å². The molecule has 1 atom stereocenters. The van der Waals surface area contributed by atoms with Crippen molar-refractivity contribution in [2.45, 2.75) is 50.2 Å². The average molecular weight is 417 g/mol. The van der Waals surface area contributed by atoms with E-state index in [9.17, 15) is 4.79 Å². The molecule has 154 valence electrons. The predicted molar refractivity (Wildman–Crippen MR) is 116 cm³/mol. The minimum Gasteiger partial charge on any atom is -0.352 e. The number of carbonyl (C=O) groups is 1. The van der Waals surface area contributed by atoms with Crippen molar-refractivity contribution >= 4 is 30.7 Å². The van der Waals surface area contributed by atoms with Crippen LogP contribution in [0.4, 0.5) is 0 Å². The summed E-state index contributed by atoms with van der Waals surface area (Å²) < 4.78 is 0. The number of rotatable bonds is 5. The van der Waals surface area contributed by atoms with Gasteiger partial charge in [-0.25, -0.2) is 0 Å². The number of nitrogens with zero attached hydrogens (tertiary/aromatic N) is 2. The lowest BCUT2D eigenvalue weighted by Gasteiger charge is -2.41. The first-order valence-electron chi connectivity index (χ1n) is 9.64. The minimum absolute atomic E-state index is 0. The highest BCUT2D eigenvalue weighted by atomic mass is 35.5. The van der Waals surface area contributed by atoms with Crippen molar-refractivity contribution in [3.05, 3.63) is 35.9 Å². The third kappa shape index (κ3) is 7.24. The van der Waals surface area contributed by atoms with Gasteiger partial charge in [0, 0.05) is 25.2 Å². The van der Waals surface area contributed by atoms with Crippen LogP contribution in [0, 0.1) is 0 Å². The molecule has 2 heterocycles. The Morgan fingerprint density at radius 1 is 1.07 bits per heavy atom. The largest absolute Gasteiger partial charge is 0.352 e. The van der Waals surface area contributed by atoms with Crippen molar-refractivity contribution in [2.75, 3.05) is 33.2 Å². The van der Waals surface area contributed by atoms with Crippen LogP contribution < -0.4 is 11.1 Å². The maximum Gasteiger partial charge on any atom is 0.237 e. The molecule has 5 nitrogen and oxygen atoms in total. The first-order chi connectivity index (χ1) is 12.1. The Morgan fingerprint density at radius 3 is 2.26 bits per heavy atom. The second-order valence-electron chi connectivity index (χ2n) is 7.65. The van der Waals surface area contributed by atoms with E-state index in [-0.39, 0.29) is 36.8 Å². The number of likely N-dealkylation sites (tertiary alicyclic amines) is 2. The molecule has 27 heavy (non-hydrogen) atoms. The van der Waals surface area contributed by atoms with Crippen molar-refractivity contribution in [1.29, 1.82) is 0 Å². The van der Waals surface area contributed by atoms with Gasteiger partial charge < -0.3 is 20.9 Å². The first-order valence-corrected chi connectivity index (χ1v) is 9.64. The molecule has 3 N–H and O–H groups in total. The van der Waals surface area contributed by atoms with Gasteiger partial charge in [0.1, 0.15) is 0 Å². The van der Waals surface area contributed by atoms with Crippen LogP contribution in [0.15, 0.2) is 30.3 Å². The first kappa shape index (κ1) is 24.2. The van der Waals surface area contributed by atoms with Gasteiger partial charge in [-0.15, -0.1) is 24.8 Å². The van der Waals surface area contributed by atoms with Crippen LogP contribution in [0.3, 0.4) is 0 Å². The molecule has 1 aromatic rings. The minimum atomic E-state index is -0.464. The molecule has 1 amide bonds. The summed E-state index contributed by atoms with van der Waals surface area (Å²) in [6.07, 6.45) is 5.22. The molecule has 2 aliphatic heterocycles. The van der Waals surface area contributed by atoms with Crippen LogP contribution in [0.2, 0.25) is 0 Å². The highest BCUT2D eigenvalue weighted by Gasteiger charge is 2.28. The smallest absolute Gasteiger partial charge is 0.237 e. The normalized spacial score (nSPS) is 21.0. The van der Waals surface area contributed by atoms with Crippen molar-refractivity contribution in [2.24, 2.45) is 5.73 Å². The molecule has 0 aliphatic carbocycles. The Hall–Kier alpha value is -0.850. The van der Waals surface area contributed by atoms with E-state index >= 15 is 0 Å². The standard InChI is InChI=1S/C20H32N4O.2ClH/c1-23-11-9-18(10-12-23)24-13-7-17(8-14-24)22-20(25)19(21)15-16-5-3-2-4-6-16;;/h2-6,17-19H,7-15,21H2,1H3,(H,22,25);2*1H. The Morgan fingerprint density at radius 2 is 1.67 bits per heavy atom. The molecule has 0 bridgehead atoms. The van der Waals surface area contributed by atoms with E-state index in [0.29, 0.717) is 6.42 Å². The summed E-state index contributed by atoms with van der Waals surface area (Å²) in [6, 6.07) is 10.5. The lowest BCUT2D eigenvalue weighted by molar-refractivity contribution is -0.123. The van der Waals surface area contributed by atoms with Crippen LogP contribution in [-0.4, -0.2) is 67.1 Å². The van der Waals surface area contributed by atoms with Crippen molar-refractivity contribution in [3.8, 4) is 0 Å². The van der Waals surface area contributed by atoms with Gasteiger partial charge in [0.25, 0.3) is 0 Å². The zero-order valence-electron chi connectivity index (χ0n) is 16.2. The van der Waals surface area contributed by atoms with Crippen LogP contribution in [0.5, 0.6) is 0 Å². The Labute approximate surface area is 175 Å². The summed E-state index contributed by atoms with van der Waals surface area (Å²) in [5.41, 5.74) is 7.21. The van der Waals surface area contributed by atoms with E-state index < -0.39 is 6.04 Å². The number of hydrogen-bond acceptors (Lipinski definition) is 4. The molecule has 2 saturated heterocycles. The second-order valence-corrected chi connectivity index (χ2v) is 7.65. The fraction of sp³-hybridized carbons (Fsp3) is 0.650. The van der Waals surface area contributed by atoms with Gasteiger partial charge in [-0.3, -0.25) is 4.79 Å². The third-order valence-corrected chi connectivity index (χ3v) is 5.72. The zero-order chi connectivity index (χ0) is 17.6. The fourth-order valence-corrected chi connectivity index (χ4v) is 4.04. The van der Waals surface area contributed by atoms with E-state index in [2.05, 4.69) is 22.2 Å². The average Bonchev–Trinajstić information content (AvgIpc) is 2.64. The molecule has 7 heteroatoms. The second kappa shape index (κ2) is 11.9. The number of hydrogen-bond donors (Lipinski definition) is 2. The van der Waals surface area contributed by atoms with Crippen LogP contribution in [0.1, 0.15) is 31.2 Å². The number of nitrogens with two attached hydrogens (primary N) is 1. The molecule has 0 spiro atoms. The molecule has 3 rings (SSSR count). The summed E-state index contributed by atoms with van der Waals surface area (Å²) >= 11 is 0. The maximum absolute atomic E-state index is 12.4. The van der Waals surface area contributed by atoms with Crippen LogP contribution >= 0.6 is 24.8 Å². The third-order valence-electron chi connectivity index (χ3n) is 5.72. The van der Waals surface area contributed by atoms with E-state index in [4.69, 9.17) is 5.73 Å². The maximum atomic E-state index is 12.4. The zero-order valence-corrected chi connectivity index (χ0v) is 17.8. The molecule has 0 radical (unpaired) electrons. The Bertz CT molecular complexity index is 544. The van der Waals surface area contributed by atoms with E-state index in [1.54, 1.807) is 0 Å². The van der Waals surface area contributed by atoms with Gasteiger partial charge in [0.05, 0.1) is 6.04 Å².